The van der Waals surface area contributed by atoms with Crippen LogP contribution in [-0.2, 0) is 14.3 Å². The van der Waals surface area contributed by atoms with Crippen molar-refractivity contribution in [2.45, 2.75) is 12.6 Å². The molecule has 2 rings (SSSR count). The summed E-state index contributed by atoms with van der Waals surface area (Å²) < 4.78 is 17.3. The van der Waals surface area contributed by atoms with E-state index >= 15 is 0 Å². The molecule has 1 heterocycles. The van der Waals surface area contributed by atoms with Gasteiger partial charge < -0.3 is 4.74 Å². The number of hydrogen-bond donors (Lipinski definition) is 0. The molecule has 4 heteroatoms. The number of ether oxygens (including phenoxy) is 1. The van der Waals surface area contributed by atoms with E-state index in [1.165, 1.54) is 6.08 Å². The molecule has 0 N–H and O–H groups in total. The number of carbonyl (C=O) groups excluding carboxylic acids is 2. The summed E-state index contributed by atoms with van der Waals surface area (Å²) in [5, 5.41) is 0. The zero-order chi connectivity index (χ0) is 8.72. The second-order valence-electron chi connectivity index (χ2n) is 2.98. The molecule has 1 fully saturated rings. The summed E-state index contributed by atoms with van der Waals surface area (Å²) in [7, 11) is 0. The summed E-state index contributed by atoms with van der Waals surface area (Å²) in [6.07, 6.45) is 1.94. The highest BCUT2D eigenvalue weighted by Crippen LogP contribution is 2.34. The number of fused-ring (bicyclic) bond motifs is 1. The number of allylic oxidation sites excluding steroid dienone is 2. The van der Waals surface area contributed by atoms with E-state index in [9.17, 15) is 14.0 Å². The molecule has 0 aromatic carbocycles. The van der Waals surface area contributed by atoms with Crippen molar-refractivity contribution in [2.24, 2.45) is 11.8 Å². The van der Waals surface area contributed by atoms with Gasteiger partial charge in [-0.3, -0.25) is 9.59 Å². The summed E-state index contributed by atoms with van der Waals surface area (Å²) in [6.45, 7) is 0. The SMILES string of the molecule is O=C1OC(=O)C2C(F)C=CCC12. The van der Waals surface area contributed by atoms with E-state index in [0.717, 1.165) is 0 Å². The standard InChI is InChI=1S/C8H7FO3/c9-5-3-1-2-4-6(5)8(11)12-7(4)10/h1,3-6H,2H2. The molecule has 3 unspecified atom stereocenters. The minimum Gasteiger partial charge on any atom is -0.393 e. The lowest BCUT2D eigenvalue weighted by Crippen LogP contribution is -2.28. The zero-order valence-electron chi connectivity index (χ0n) is 6.20. The summed E-state index contributed by atoms with van der Waals surface area (Å²) in [4.78, 5) is 21.8. The van der Waals surface area contributed by atoms with Gasteiger partial charge in [0.25, 0.3) is 0 Å². The van der Waals surface area contributed by atoms with E-state index in [1.807, 2.05) is 0 Å². The Morgan fingerprint density at radius 1 is 1.42 bits per heavy atom. The first kappa shape index (κ1) is 7.46. The monoisotopic (exact) mass is 170 g/mol. The Balaban J connectivity index is 2.32. The Bertz CT molecular complexity index is 271. The number of cyclic esters (lactones) is 2. The minimum atomic E-state index is -1.36. The van der Waals surface area contributed by atoms with Crippen molar-refractivity contribution in [2.75, 3.05) is 0 Å². The van der Waals surface area contributed by atoms with E-state index in [1.54, 1.807) is 6.08 Å². The van der Waals surface area contributed by atoms with Crippen molar-refractivity contribution in [1.29, 1.82) is 0 Å². The van der Waals surface area contributed by atoms with Gasteiger partial charge in [-0.05, 0) is 6.42 Å². The van der Waals surface area contributed by atoms with Crippen molar-refractivity contribution >= 4 is 11.9 Å². The third-order valence-electron chi connectivity index (χ3n) is 2.26. The third kappa shape index (κ3) is 0.873. The number of esters is 2. The normalized spacial score (nSPS) is 39.6. The van der Waals surface area contributed by atoms with Crippen molar-refractivity contribution in [3.63, 3.8) is 0 Å². The Hall–Kier alpha value is -1.19. The molecule has 1 aliphatic heterocycles. The maximum absolute atomic E-state index is 13.0. The van der Waals surface area contributed by atoms with E-state index in [4.69, 9.17) is 0 Å². The van der Waals surface area contributed by atoms with E-state index in [0.29, 0.717) is 6.42 Å². The van der Waals surface area contributed by atoms with Crippen LogP contribution in [0.5, 0.6) is 0 Å². The van der Waals surface area contributed by atoms with Crippen LogP contribution in [0.15, 0.2) is 12.2 Å². The molecule has 0 aromatic rings. The summed E-state index contributed by atoms with van der Waals surface area (Å²) >= 11 is 0. The lowest BCUT2D eigenvalue weighted by molar-refractivity contribution is -0.154. The molecule has 1 aliphatic carbocycles. The van der Waals surface area contributed by atoms with Crippen LogP contribution in [0, 0.1) is 11.8 Å². The van der Waals surface area contributed by atoms with Crippen molar-refractivity contribution < 1.29 is 18.7 Å². The van der Waals surface area contributed by atoms with Gasteiger partial charge in [-0.2, -0.15) is 0 Å². The fraction of sp³-hybridized carbons (Fsp3) is 0.500. The van der Waals surface area contributed by atoms with Gasteiger partial charge in [-0.1, -0.05) is 12.2 Å². The van der Waals surface area contributed by atoms with Gasteiger partial charge in [0.1, 0.15) is 12.1 Å². The number of halogens is 1. The number of alkyl halides is 1. The summed E-state index contributed by atoms with van der Waals surface area (Å²) in [5.41, 5.74) is 0. The first-order chi connectivity index (χ1) is 5.70. The zero-order valence-corrected chi connectivity index (χ0v) is 6.20. The van der Waals surface area contributed by atoms with Crippen LogP contribution in [0.25, 0.3) is 0 Å². The molecule has 12 heavy (non-hydrogen) atoms. The van der Waals surface area contributed by atoms with Gasteiger partial charge in [0, 0.05) is 0 Å². The maximum atomic E-state index is 13.0. The van der Waals surface area contributed by atoms with Gasteiger partial charge in [0.2, 0.25) is 0 Å². The van der Waals surface area contributed by atoms with Gasteiger partial charge in [-0.15, -0.1) is 0 Å². The molecular formula is C8H7FO3. The fourth-order valence-electron chi connectivity index (χ4n) is 1.62. The molecule has 0 spiro atoms. The van der Waals surface area contributed by atoms with Crippen molar-refractivity contribution in [3.8, 4) is 0 Å². The Morgan fingerprint density at radius 3 is 2.83 bits per heavy atom. The predicted molar refractivity (Wildman–Crippen MR) is 36.7 cm³/mol. The molecule has 1 saturated heterocycles. The molecule has 0 amide bonds. The maximum Gasteiger partial charge on any atom is 0.320 e. The van der Waals surface area contributed by atoms with E-state index in [-0.39, 0.29) is 0 Å². The molecule has 0 radical (unpaired) electrons. The average Bonchev–Trinajstić information content (AvgIpc) is 2.29. The highest BCUT2D eigenvalue weighted by atomic mass is 19.1. The van der Waals surface area contributed by atoms with Crippen molar-refractivity contribution in [1.82, 2.24) is 0 Å². The number of rotatable bonds is 0. The second kappa shape index (κ2) is 2.40. The lowest BCUT2D eigenvalue weighted by Gasteiger charge is -2.17. The largest absolute Gasteiger partial charge is 0.393 e. The molecule has 3 nitrogen and oxygen atoms in total. The summed E-state index contributed by atoms with van der Waals surface area (Å²) in [6, 6.07) is 0. The minimum absolute atomic E-state index is 0.412. The molecule has 0 bridgehead atoms. The quantitative estimate of drug-likeness (QED) is 0.304. The van der Waals surface area contributed by atoms with Crippen LogP contribution in [0.2, 0.25) is 0 Å². The van der Waals surface area contributed by atoms with E-state index in [2.05, 4.69) is 4.74 Å². The highest BCUT2D eigenvalue weighted by Gasteiger charge is 2.48. The van der Waals surface area contributed by atoms with E-state index < -0.39 is 29.9 Å². The first-order valence-corrected chi connectivity index (χ1v) is 3.76. The molecule has 64 valence electrons. The second-order valence-corrected chi connectivity index (χ2v) is 2.98. The first-order valence-electron chi connectivity index (χ1n) is 3.76. The van der Waals surface area contributed by atoms with Gasteiger partial charge in [0.05, 0.1) is 5.92 Å². The topological polar surface area (TPSA) is 43.4 Å². The highest BCUT2D eigenvalue weighted by molar-refractivity contribution is 5.97. The van der Waals surface area contributed by atoms with Crippen LogP contribution < -0.4 is 0 Å². The Kier molecular flexibility index (Phi) is 1.49. The van der Waals surface area contributed by atoms with Crippen LogP contribution in [0.3, 0.4) is 0 Å². The lowest BCUT2D eigenvalue weighted by atomic mass is 9.84. The predicted octanol–water partition coefficient (Wildman–Crippen LogP) is 0.600. The molecule has 0 saturated carbocycles. The molecule has 2 aliphatic rings. The smallest absolute Gasteiger partial charge is 0.320 e. The fourth-order valence-corrected chi connectivity index (χ4v) is 1.62. The molecule has 3 atom stereocenters. The van der Waals surface area contributed by atoms with Crippen LogP contribution in [0.4, 0.5) is 4.39 Å². The molecular weight excluding hydrogens is 163 g/mol. The average molecular weight is 170 g/mol. The van der Waals surface area contributed by atoms with Crippen LogP contribution >= 0.6 is 0 Å². The van der Waals surface area contributed by atoms with Gasteiger partial charge >= 0.3 is 11.9 Å². The number of carbonyl (C=O) groups is 2. The summed E-state index contributed by atoms with van der Waals surface area (Å²) in [5.74, 6) is -2.78. The Morgan fingerprint density at radius 2 is 2.17 bits per heavy atom. The van der Waals surface area contributed by atoms with Crippen LogP contribution in [0.1, 0.15) is 6.42 Å². The number of hydrogen-bond acceptors (Lipinski definition) is 3. The third-order valence-corrected chi connectivity index (χ3v) is 2.26. The molecule has 0 aromatic heterocycles. The van der Waals surface area contributed by atoms with Crippen LogP contribution in [-0.4, -0.2) is 18.1 Å². The van der Waals surface area contributed by atoms with Gasteiger partial charge in [0.15, 0.2) is 0 Å². The van der Waals surface area contributed by atoms with Crippen molar-refractivity contribution in [3.05, 3.63) is 12.2 Å². The Labute approximate surface area is 68.2 Å². The van der Waals surface area contributed by atoms with Gasteiger partial charge in [-0.25, -0.2) is 4.39 Å².